The van der Waals surface area contributed by atoms with Crippen LogP contribution in [0.2, 0.25) is 0 Å². The standard InChI is InChI=1S/C13H21O3P/c1-2-3-4-5-6-7-12-8-10-13(11-9-12)17(14,15)16/h8-11H,2-7H2,1H3,(H2,14,15,16). The molecule has 2 N–H and O–H groups in total. The number of aryl methyl sites for hydroxylation is 1. The Kier molecular flexibility index (Phi) is 5.90. The SMILES string of the molecule is CCCCCCCc1ccc(P(=O)(O)O)cc1. The topological polar surface area (TPSA) is 57.5 Å². The van der Waals surface area contributed by atoms with E-state index in [1.54, 1.807) is 0 Å². The Morgan fingerprint density at radius 1 is 1.00 bits per heavy atom. The van der Waals surface area contributed by atoms with Crippen LogP contribution in [-0.2, 0) is 11.0 Å². The molecule has 0 unspecified atom stereocenters. The maximum Gasteiger partial charge on any atom is 0.356 e. The van der Waals surface area contributed by atoms with Crippen molar-refractivity contribution in [2.75, 3.05) is 0 Å². The van der Waals surface area contributed by atoms with Crippen LogP contribution in [0, 0.1) is 0 Å². The van der Waals surface area contributed by atoms with Crippen LogP contribution < -0.4 is 5.30 Å². The molecule has 0 atom stereocenters. The molecule has 0 saturated heterocycles. The van der Waals surface area contributed by atoms with Gasteiger partial charge in [0.2, 0.25) is 0 Å². The first kappa shape index (κ1) is 14.4. The zero-order chi connectivity index (χ0) is 12.7. The minimum atomic E-state index is -4.08. The van der Waals surface area contributed by atoms with Crippen molar-refractivity contribution in [3.05, 3.63) is 29.8 Å². The van der Waals surface area contributed by atoms with E-state index in [4.69, 9.17) is 9.79 Å². The van der Waals surface area contributed by atoms with Crippen LogP contribution in [-0.4, -0.2) is 9.79 Å². The molecule has 1 aromatic rings. The van der Waals surface area contributed by atoms with Crippen LogP contribution in [0.15, 0.2) is 24.3 Å². The highest BCUT2D eigenvalue weighted by Crippen LogP contribution is 2.32. The van der Waals surface area contributed by atoms with Crippen molar-refractivity contribution in [3.63, 3.8) is 0 Å². The van der Waals surface area contributed by atoms with E-state index in [2.05, 4.69) is 6.92 Å². The first-order valence-electron chi connectivity index (χ1n) is 6.19. The van der Waals surface area contributed by atoms with Gasteiger partial charge < -0.3 is 9.79 Å². The van der Waals surface area contributed by atoms with Crippen molar-refractivity contribution in [1.82, 2.24) is 0 Å². The minimum Gasteiger partial charge on any atom is -0.321 e. The fraction of sp³-hybridized carbons (Fsp3) is 0.538. The van der Waals surface area contributed by atoms with E-state index in [-0.39, 0.29) is 5.30 Å². The van der Waals surface area contributed by atoms with E-state index in [0.29, 0.717) is 0 Å². The van der Waals surface area contributed by atoms with Crippen molar-refractivity contribution in [2.24, 2.45) is 0 Å². The van der Waals surface area contributed by atoms with Gasteiger partial charge in [0.25, 0.3) is 0 Å². The number of hydrogen-bond donors (Lipinski definition) is 2. The van der Waals surface area contributed by atoms with Gasteiger partial charge in [-0.05, 0) is 30.5 Å². The fourth-order valence-electron chi connectivity index (χ4n) is 1.79. The van der Waals surface area contributed by atoms with Crippen LogP contribution in [0.5, 0.6) is 0 Å². The lowest BCUT2D eigenvalue weighted by atomic mass is 10.1. The van der Waals surface area contributed by atoms with E-state index >= 15 is 0 Å². The zero-order valence-corrected chi connectivity index (χ0v) is 11.2. The van der Waals surface area contributed by atoms with Crippen LogP contribution in [0.4, 0.5) is 0 Å². The van der Waals surface area contributed by atoms with Crippen molar-refractivity contribution in [1.29, 1.82) is 0 Å². The van der Waals surface area contributed by atoms with Crippen molar-refractivity contribution in [3.8, 4) is 0 Å². The van der Waals surface area contributed by atoms with Crippen LogP contribution >= 0.6 is 7.60 Å². The van der Waals surface area contributed by atoms with Gasteiger partial charge in [-0.1, -0.05) is 44.7 Å². The molecule has 0 spiro atoms. The molecule has 0 bridgehead atoms. The van der Waals surface area contributed by atoms with Gasteiger partial charge >= 0.3 is 7.60 Å². The largest absolute Gasteiger partial charge is 0.356 e. The average Bonchev–Trinajstić information content (AvgIpc) is 2.28. The predicted molar refractivity (Wildman–Crippen MR) is 70.6 cm³/mol. The number of rotatable bonds is 7. The van der Waals surface area contributed by atoms with Crippen molar-refractivity contribution < 1.29 is 14.4 Å². The number of hydrogen-bond acceptors (Lipinski definition) is 1. The summed E-state index contributed by atoms with van der Waals surface area (Å²) in [5, 5.41) is 0.104. The lowest BCUT2D eigenvalue weighted by molar-refractivity contribution is 0.387. The summed E-state index contributed by atoms with van der Waals surface area (Å²) in [6.45, 7) is 2.20. The van der Waals surface area contributed by atoms with Gasteiger partial charge in [0.1, 0.15) is 0 Å². The quantitative estimate of drug-likeness (QED) is 0.582. The predicted octanol–water partition coefficient (Wildman–Crippen LogP) is 3.00. The highest BCUT2D eigenvalue weighted by atomic mass is 31.2. The van der Waals surface area contributed by atoms with Crippen LogP contribution in [0.25, 0.3) is 0 Å². The molecule has 0 fully saturated rings. The van der Waals surface area contributed by atoms with Gasteiger partial charge in [-0.3, -0.25) is 4.57 Å². The average molecular weight is 256 g/mol. The summed E-state index contributed by atoms with van der Waals surface area (Å²) < 4.78 is 11.0. The van der Waals surface area contributed by atoms with Gasteiger partial charge in [-0.2, -0.15) is 0 Å². The summed E-state index contributed by atoms with van der Waals surface area (Å²) in [6, 6.07) is 6.69. The van der Waals surface area contributed by atoms with Gasteiger partial charge in [0.15, 0.2) is 0 Å². The molecular weight excluding hydrogens is 235 g/mol. The van der Waals surface area contributed by atoms with Crippen LogP contribution in [0.1, 0.15) is 44.6 Å². The molecule has 1 aromatic carbocycles. The number of unbranched alkanes of at least 4 members (excludes halogenated alkanes) is 4. The summed E-state index contributed by atoms with van der Waals surface area (Å²) in [6.07, 6.45) is 7.18. The third-order valence-electron chi connectivity index (χ3n) is 2.84. The molecule has 0 amide bonds. The molecular formula is C13H21O3P. The van der Waals surface area contributed by atoms with E-state index in [9.17, 15) is 4.57 Å². The molecule has 17 heavy (non-hydrogen) atoms. The molecule has 0 saturated carbocycles. The zero-order valence-electron chi connectivity index (χ0n) is 10.3. The summed E-state index contributed by atoms with van der Waals surface area (Å²) in [4.78, 5) is 17.9. The summed E-state index contributed by atoms with van der Waals surface area (Å²) in [5.41, 5.74) is 1.15. The maximum absolute atomic E-state index is 11.0. The molecule has 4 heteroatoms. The highest BCUT2D eigenvalue weighted by molar-refractivity contribution is 7.60. The second kappa shape index (κ2) is 6.95. The van der Waals surface area contributed by atoms with E-state index in [1.807, 2.05) is 12.1 Å². The van der Waals surface area contributed by atoms with Crippen molar-refractivity contribution in [2.45, 2.75) is 45.4 Å². The Labute approximate surface area is 103 Å². The Hall–Kier alpha value is -0.630. The molecule has 0 aromatic heterocycles. The van der Waals surface area contributed by atoms with Gasteiger partial charge in [-0.25, -0.2) is 0 Å². The third kappa shape index (κ3) is 5.49. The maximum atomic E-state index is 11.0. The first-order chi connectivity index (χ1) is 8.04. The summed E-state index contributed by atoms with van der Waals surface area (Å²) in [7, 11) is -4.08. The lowest BCUT2D eigenvalue weighted by Gasteiger charge is -2.05. The van der Waals surface area contributed by atoms with Crippen LogP contribution in [0.3, 0.4) is 0 Å². The van der Waals surface area contributed by atoms with Gasteiger partial charge in [-0.15, -0.1) is 0 Å². The van der Waals surface area contributed by atoms with E-state index in [1.165, 1.54) is 37.8 Å². The van der Waals surface area contributed by atoms with Gasteiger partial charge in [0, 0.05) is 0 Å². The molecule has 3 nitrogen and oxygen atoms in total. The molecule has 1 rings (SSSR count). The normalized spacial score (nSPS) is 11.7. The molecule has 0 heterocycles. The van der Waals surface area contributed by atoms with Crippen molar-refractivity contribution >= 4 is 12.9 Å². The Morgan fingerprint density at radius 2 is 1.59 bits per heavy atom. The fourth-order valence-corrected chi connectivity index (χ4v) is 2.33. The molecule has 0 aliphatic heterocycles. The summed E-state index contributed by atoms with van der Waals surface area (Å²) >= 11 is 0. The Morgan fingerprint density at radius 3 is 2.12 bits per heavy atom. The highest BCUT2D eigenvalue weighted by Gasteiger charge is 2.15. The number of benzene rings is 1. The third-order valence-corrected chi connectivity index (χ3v) is 3.81. The molecule has 0 aliphatic carbocycles. The smallest absolute Gasteiger partial charge is 0.321 e. The minimum absolute atomic E-state index is 0.104. The second-order valence-electron chi connectivity index (χ2n) is 4.37. The first-order valence-corrected chi connectivity index (χ1v) is 7.80. The monoisotopic (exact) mass is 256 g/mol. The van der Waals surface area contributed by atoms with E-state index < -0.39 is 7.60 Å². The Balaban J connectivity index is 2.38. The molecule has 0 aliphatic rings. The second-order valence-corrected chi connectivity index (χ2v) is 5.98. The lowest BCUT2D eigenvalue weighted by Crippen LogP contribution is -2.03. The van der Waals surface area contributed by atoms with E-state index in [0.717, 1.165) is 18.4 Å². The molecule has 96 valence electrons. The summed E-state index contributed by atoms with van der Waals surface area (Å²) in [5.74, 6) is 0. The van der Waals surface area contributed by atoms with Gasteiger partial charge in [0.05, 0.1) is 5.30 Å². The Bertz CT molecular complexity index is 367. The molecule has 0 radical (unpaired) electrons.